The maximum absolute atomic E-state index is 4.87. The lowest BCUT2D eigenvalue weighted by Gasteiger charge is -2.22. The molecule has 0 aromatic carbocycles. The van der Waals surface area contributed by atoms with Crippen LogP contribution in [0.4, 0.5) is 0 Å². The lowest BCUT2D eigenvalue weighted by atomic mass is 10.0. The third-order valence-electron chi connectivity index (χ3n) is 4.21. The van der Waals surface area contributed by atoms with E-state index in [1.54, 1.807) is 0 Å². The lowest BCUT2D eigenvalue weighted by Crippen LogP contribution is -2.35. The van der Waals surface area contributed by atoms with Gasteiger partial charge in [-0.2, -0.15) is 0 Å². The van der Waals surface area contributed by atoms with Crippen LogP contribution in [0.25, 0.3) is 0 Å². The second-order valence-corrected chi connectivity index (χ2v) is 6.71. The Balaban J connectivity index is 1.59. The Labute approximate surface area is 114 Å². The van der Waals surface area contributed by atoms with Crippen molar-refractivity contribution in [2.24, 2.45) is 0 Å². The molecule has 0 spiro atoms. The van der Waals surface area contributed by atoms with Crippen molar-refractivity contribution in [3.63, 3.8) is 0 Å². The van der Waals surface area contributed by atoms with Crippen LogP contribution in [0.3, 0.4) is 0 Å². The Morgan fingerprint density at radius 1 is 1.44 bits per heavy atom. The summed E-state index contributed by atoms with van der Waals surface area (Å²) in [6.07, 6.45) is 6.45. The van der Waals surface area contributed by atoms with Gasteiger partial charge in [0.1, 0.15) is 0 Å². The molecule has 1 N–H and O–H groups in total. The summed E-state index contributed by atoms with van der Waals surface area (Å²) in [7, 11) is 2.21. The highest BCUT2D eigenvalue weighted by Crippen LogP contribution is 2.28. The largest absolute Gasteiger partial charge is 0.314 e. The van der Waals surface area contributed by atoms with Crippen LogP contribution in [0.15, 0.2) is 5.38 Å². The van der Waals surface area contributed by atoms with Gasteiger partial charge in [-0.1, -0.05) is 6.42 Å². The lowest BCUT2D eigenvalue weighted by molar-refractivity contribution is 0.398. The predicted octanol–water partition coefficient (Wildman–Crippen LogP) is 2.25. The van der Waals surface area contributed by atoms with E-state index in [1.165, 1.54) is 56.0 Å². The Morgan fingerprint density at radius 2 is 2.39 bits per heavy atom. The van der Waals surface area contributed by atoms with Gasteiger partial charge >= 0.3 is 0 Å². The normalized spacial score (nSPS) is 29.8. The summed E-state index contributed by atoms with van der Waals surface area (Å²) in [6, 6.07) is 0.670. The van der Waals surface area contributed by atoms with E-state index >= 15 is 0 Å². The minimum absolute atomic E-state index is 0.670. The van der Waals surface area contributed by atoms with Crippen molar-refractivity contribution in [3.05, 3.63) is 16.1 Å². The van der Waals surface area contributed by atoms with Crippen LogP contribution in [0.2, 0.25) is 0 Å². The van der Waals surface area contributed by atoms with E-state index in [4.69, 9.17) is 4.98 Å². The van der Waals surface area contributed by atoms with Gasteiger partial charge in [-0.05, 0) is 39.4 Å². The first kappa shape index (κ1) is 12.6. The molecule has 2 saturated heterocycles. The fourth-order valence-corrected chi connectivity index (χ4v) is 4.05. The third-order valence-corrected chi connectivity index (χ3v) is 5.10. The Morgan fingerprint density at radius 3 is 3.11 bits per heavy atom. The van der Waals surface area contributed by atoms with Crippen LogP contribution >= 0.6 is 11.3 Å². The zero-order valence-electron chi connectivity index (χ0n) is 11.2. The van der Waals surface area contributed by atoms with Gasteiger partial charge in [-0.15, -0.1) is 11.3 Å². The number of nitrogens with one attached hydrogen (secondary N) is 1. The van der Waals surface area contributed by atoms with Gasteiger partial charge in [-0.3, -0.25) is 0 Å². The Bertz CT molecular complexity index is 384. The molecular weight excluding hydrogens is 242 g/mol. The standard InChI is InChI=1S/C14H23N3S/c1-17-7-5-11(9-17)13-10-18-14(16-13)8-12-4-2-3-6-15-12/h10-12,15H,2-9H2,1H3. The first-order chi connectivity index (χ1) is 8.81. The summed E-state index contributed by atoms with van der Waals surface area (Å²) in [5.41, 5.74) is 1.34. The molecule has 2 unspecified atom stereocenters. The number of thiazole rings is 1. The molecule has 18 heavy (non-hydrogen) atoms. The molecule has 1 aromatic heterocycles. The molecule has 2 aliphatic rings. The topological polar surface area (TPSA) is 28.2 Å². The summed E-state index contributed by atoms with van der Waals surface area (Å²) in [4.78, 5) is 7.28. The third kappa shape index (κ3) is 2.92. The van der Waals surface area contributed by atoms with Crippen molar-refractivity contribution in [3.8, 4) is 0 Å². The molecule has 2 aliphatic heterocycles. The van der Waals surface area contributed by atoms with Gasteiger partial charge in [0.2, 0.25) is 0 Å². The number of likely N-dealkylation sites (tertiary alicyclic amines) is 1. The van der Waals surface area contributed by atoms with Gasteiger partial charge < -0.3 is 10.2 Å². The molecule has 2 fully saturated rings. The van der Waals surface area contributed by atoms with Crippen LogP contribution in [-0.4, -0.2) is 42.6 Å². The summed E-state index contributed by atoms with van der Waals surface area (Å²) in [5, 5.41) is 7.24. The van der Waals surface area contributed by atoms with E-state index in [1.807, 2.05) is 11.3 Å². The minimum atomic E-state index is 0.670. The molecule has 100 valence electrons. The van der Waals surface area contributed by atoms with Gasteiger partial charge in [0, 0.05) is 30.3 Å². The van der Waals surface area contributed by atoms with E-state index in [0.717, 1.165) is 6.42 Å². The van der Waals surface area contributed by atoms with E-state index in [9.17, 15) is 0 Å². The van der Waals surface area contributed by atoms with Gasteiger partial charge in [0.15, 0.2) is 0 Å². The molecule has 3 nitrogen and oxygen atoms in total. The average Bonchev–Trinajstić information content (AvgIpc) is 2.99. The molecule has 0 aliphatic carbocycles. The highest BCUT2D eigenvalue weighted by molar-refractivity contribution is 7.09. The first-order valence-corrected chi connectivity index (χ1v) is 8.05. The fourth-order valence-electron chi connectivity index (χ4n) is 3.09. The van der Waals surface area contributed by atoms with Crippen LogP contribution in [-0.2, 0) is 6.42 Å². The Kier molecular flexibility index (Phi) is 3.97. The van der Waals surface area contributed by atoms with Gasteiger partial charge in [0.05, 0.1) is 10.7 Å². The van der Waals surface area contributed by atoms with E-state index in [2.05, 4.69) is 22.6 Å². The van der Waals surface area contributed by atoms with Crippen molar-refractivity contribution in [2.45, 2.75) is 44.1 Å². The van der Waals surface area contributed by atoms with Crippen molar-refractivity contribution >= 4 is 11.3 Å². The van der Waals surface area contributed by atoms with Crippen molar-refractivity contribution in [1.82, 2.24) is 15.2 Å². The monoisotopic (exact) mass is 265 g/mol. The van der Waals surface area contributed by atoms with E-state index < -0.39 is 0 Å². The van der Waals surface area contributed by atoms with Crippen molar-refractivity contribution in [2.75, 3.05) is 26.7 Å². The van der Waals surface area contributed by atoms with Crippen LogP contribution in [0, 0.1) is 0 Å². The quantitative estimate of drug-likeness (QED) is 0.908. The molecule has 1 aromatic rings. The van der Waals surface area contributed by atoms with E-state index in [-0.39, 0.29) is 0 Å². The molecular formula is C14H23N3S. The summed E-state index contributed by atoms with van der Waals surface area (Å²) < 4.78 is 0. The number of nitrogens with zero attached hydrogens (tertiary/aromatic N) is 2. The van der Waals surface area contributed by atoms with Crippen LogP contribution < -0.4 is 5.32 Å². The highest BCUT2D eigenvalue weighted by Gasteiger charge is 2.23. The summed E-state index contributed by atoms with van der Waals surface area (Å²) in [6.45, 7) is 3.60. The smallest absolute Gasteiger partial charge is 0.0943 e. The summed E-state index contributed by atoms with van der Waals surface area (Å²) in [5.74, 6) is 0.680. The highest BCUT2D eigenvalue weighted by atomic mass is 32.1. The zero-order valence-corrected chi connectivity index (χ0v) is 12.0. The molecule has 2 atom stereocenters. The molecule has 0 amide bonds. The van der Waals surface area contributed by atoms with E-state index in [0.29, 0.717) is 12.0 Å². The maximum atomic E-state index is 4.87. The van der Waals surface area contributed by atoms with Crippen molar-refractivity contribution < 1.29 is 0 Å². The number of hydrogen-bond acceptors (Lipinski definition) is 4. The number of hydrogen-bond donors (Lipinski definition) is 1. The molecule has 0 radical (unpaired) electrons. The molecule has 3 heterocycles. The number of aromatic nitrogens is 1. The van der Waals surface area contributed by atoms with Gasteiger partial charge in [-0.25, -0.2) is 4.98 Å². The number of likely N-dealkylation sites (N-methyl/N-ethyl adjacent to an activating group) is 1. The minimum Gasteiger partial charge on any atom is -0.314 e. The zero-order chi connectivity index (χ0) is 12.4. The van der Waals surface area contributed by atoms with Gasteiger partial charge in [0.25, 0.3) is 0 Å². The maximum Gasteiger partial charge on any atom is 0.0943 e. The summed E-state index contributed by atoms with van der Waals surface area (Å²) >= 11 is 1.86. The number of piperidine rings is 1. The molecule has 3 rings (SSSR count). The molecule has 0 bridgehead atoms. The first-order valence-electron chi connectivity index (χ1n) is 7.17. The average molecular weight is 265 g/mol. The predicted molar refractivity (Wildman–Crippen MR) is 76.3 cm³/mol. The van der Waals surface area contributed by atoms with Crippen molar-refractivity contribution in [1.29, 1.82) is 0 Å². The fraction of sp³-hybridized carbons (Fsp3) is 0.786. The van der Waals surface area contributed by atoms with Crippen LogP contribution in [0.5, 0.6) is 0 Å². The second kappa shape index (κ2) is 5.68. The number of rotatable bonds is 3. The SMILES string of the molecule is CN1CCC(c2csc(CC3CCCCN3)n2)C1. The van der Waals surface area contributed by atoms with Crippen LogP contribution in [0.1, 0.15) is 42.3 Å². The second-order valence-electron chi connectivity index (χ2n) is 5.76. The Hall–Kier alpha value is -0.450. The molecule has 4 heteroatoms. The molecule has 0 saturated carbocycles.